The molecule has 4 nitrogen and oxygen atoms in total. The Morgan fingerprint density at radius 3 is 3.10 bits per heavy atom. The Morgan fingerprint density at radius 1 is 1.55 bits per heavy atom. The van der Waals surface area contributed by atoms with Crippen LogP contribution in [0.5, 0.6) is 0 Å². The molecule has 2 atom stereocenters. The van der Waals surface area contributed by atoms with Crippen molar-refractivity contribution in [2.24, 2.45) is 11.8 Å². The topological polar surface area (TPSA) is 51.2 Å². The van der Waals surface area contributed by atoms with Gasteiger partial charge in [-0.3, -0.25) is 9.78 Å². The van der Waals surface area contributed by atoms with Crippen molar-refractivity contribution in [1.29, 1.82) is 0 Å². The third kappa shape index (κ3) is 4.30. The number of amides is 1. The molecule has 1 fully saturated rings. The van der Waals surface area contributed by atoms with Crippen molar-refractivity contribution < 1.29 is 9.53 Å². The lowest BCUT2D eigenvalue weighted by atomic mass is 9.93. The van der Waals surface area contributed by atoms with E-state index >= 15 is 0 Å². The summed E-state index contributed by atoms with van der Waals surface area (Å²) in [5.41, 5.74) is 1.10. The molecule has 1 saturated heterocycles. The molecule has 0 aromatic carbocycles. The summed E-state index contributed by atoms with van der Waals surface area (Å²) in [7, 11) is 0. The molecule has 20 heavy (non-hydrogen) atoms. The lowest BCUT2D eigenvalue weighted by Crippen LogP contribution is -2.35. The zero-order valence-electron chi connectivity index (χ0n) is 12.3. The van der Waals surface area contributed by atoms with Gasteiger partial charge in [0.15, 0.2) is 0 Å². The molecule has 1 N–H and O–H groups in total. The molecule has 0 unspecified atom stereocenters. The molecule has 1 aromatic rings. The van der Waals surface area contributed by atoms with Crippen LogP contribution < -0.4 is 5.32 Å². The number of nitrogens with zero attached hydrogens (tertiary/aromatic N) is 1. The number of carbonyl (C=O) groups excluding carboxylic acids is 1. The van der Waals surface area contributed by atoms with Gasteiger partial charge in [0, 0.05) is 37.9 Å². The number of carbonyl (C=O) groups is 1. The standard InChI is InChI=1S/C16H24N2O2/c1-12(2)16-14(7-9-20-16)11-18-15(19)6-5-13-4-3-8-17-10-13/h3-4,8,10,12,14,16H,5-7,9,11H2,1-2H3,(H,18,19)/t14-,16-/m1/s1. The number of aromatic nitrogens is 1. The van der Waals surface area contributed by atoms with Gasteiger partial charge in [0.05, 0.1) is 6.10 Å². The third-order valence-corrected chi connectivity index (χ3v) is 3.85. The van der Waals surface area contributed by atoms with Crippen molar-refractivity contribution in [2.75, 3.05) is 13.2 Å². The molecular formula is C16H24N2O2. The van der Waals surface area contributed by atoms with Crippen LogP contribution >= 0.6 is 0 Å². The zero-order chi connectivity index (χ0) is 14.4. The summed E-state index contributed by atoms with van der Waals surface area (Å²) in [6, 6.07) is 3.90. The highest BCUT2D eigenvalue weighted by Crippen LogP contribution is 2.26. The van der Waals surface area contributed by atoms with Gasteiger partial charge in [0.2, 0.25) is 5.91 Å². The van der Waals surface area contributed by atoms with E-state index in [2.05, 4.69) is 24.1 Å². The Balaban J connectivity index is 1.70. The normalized spacial score (nSPS) is 22.1. The van der Waals surface area contributed by atoms with Crippen LogP contribution in [0.15, 0.2) is 24.5 Å². The third-order valence-electron chi connectivity index (χ3n) is 3.85. The lowest BCUT2D eigenvalue weighted by molar-refractivity contribution is -0.121. The van der Waals surface area contributed by atoms with E-state index in [-0.39, 0.29) is 12.0 Å². The molecule has 2 rings (SSSR count). The summed E-state index contributed by atoms with van der Waals surface area (Å²) in [6.45, 7) is 5.90. The molecule has 2 heterocycles. The number of nitrogens with one attached hydrogen (secondary N) is 1. The summed E-state index contributed by atoms with van der Waals surface area (Å²) in [4.78, 5) is 15.9. The Hall–Kier alpha value is -1.42. The minimum atomic E-state index is 0.114. The summed E-state index contributed by atoms with van der Waals surface area (Å²) in [6.07, 6.45) is 6.16. The Labute approximate surface area is 120 Å². The monoisotopic (exact) mass is 276 g/mol. The number of rotatable bonds is 6. The molecule has 0 spiro atoms. The van der Waals surface area contributed by atoms with Crippen molar-refractivity contribution in [1.82, 2.24) is 10.3 Å². The zero-order valence-corrected chi connectivity index (χ0v) is 12.3. The minimum Gasteiger partial charge on any atom is -0.378 e. The van der Waals surface area contributed by atoms with Gasteiger partial charge in [-0.25, -0.2) is 0 Å². The number of ether oxygens (including phenoxy) is 1. The highest BCUT2D eigenvalue weighted by Gasteiger charge is 2.30. The van der Waals surface area contributed by atoms with E-state index in [1.807, 2.05) is 18.3 Å². The van der Waals surface area contributed by atoms with E-state index in [9.17, 15) is 4.79 Å². The van der Waals surface area contributed by atoms with E-state index in [0.29, 0.717) is 18.3 Å². The minimum absolute atomic E-state index is 0.114. The van der Waals surface area contributed by atoms with Gasteiger partial charge in [-0.2, -0.15) is 0 Å². The van der Waals surface area contributed by atoms with E-state index in [1.54, 1.807) is 6.20 Å². The second-order valence-corrected chi connectivity index (χ2v) is 5.79. The number of hydrogen-bond donors (Lipinski definition) is 1. The van der Waals surface area contributed by atoms with E-state index in [1.165, 1.54) is 0 Å². The quantitative estimate of drug-likeness (QED) is 0.866. The number of aryl methyl sites for hydroxylation is 1. The van der Waals surface area contributed by atoms with Crippen LogP contribution in [0.4, 0.5) is 0 Å². The molecule has 1 amide bonds. The van der Waals surface area contributed by atoms with Crippen molar-refractivity contribution in [3.63, 3.8) is 0 Å². The second-order valence-electron chi connectivity index (χ2n) is 5.79. The van der Waals surface area contributed by atoms with Crippen molar-refractivity contribution in [3.05, 3.63) is 30.1 Å². The molecule has 0 radical (unpaired) electrons. The Kier molecular flexibility index (Phi) is 5.53. The maximum atomic E-state index is 11.9. The maximum Gasteiger partial charge on any atom is 0.220 e. The summed E-state index contributed by atoms with van der Waals surface area (Å²) in [5, 5.41) is 3.04. The fraction of sp³-hybridized carbons (Fsp3) is 0.625. The second kappa shape index (κ2) is 7.39. The summed E-state index contributed by atoms with van der Waals surface area (Å²) >= 11 is 0. The van der Waals surface area contributed by atoms with Crippen LogP contribution in [0.25, 0.3) is 0 Å². The largest absolute Gasteiger partial charge is 0.378 e. The predicted octanol–water partition coefficient (Wildman–Crippen LogP) is 2.19. The number of pyridine rings is 1. The van der Waals surface area contributed by atoms with E-state index in [0.717, 1.165) is 31.6 Å². The first kappa shape index (κ1) is 15.0. The molecule has 0 saturated carbocycles. The summed E-state index contributed by atoms with van der Waals surface area (Å²) < 4.78 is 5.73. The van der Waals surface area contributed by atoms with Gasteiger partial charge < -0.3 is 10.1 Å². The smallest absolute Gasteiger partial charge is 0.220 e. The molecule has 1 aliphatic heterocycles. The molecule has 0 bridgehead atoms. The lowest BCUT2D eigenvalue weighted by Gasteiger charge is -2.22. The number of hydrogen-bond acceptors (Lipinski definition) is 3. The molecule has 4 heteroatoms. The highest BCUT2D eigenvalue weighted by molar-refractivity contribution is 5.76. The van der Waals surface area contributed by atoms with Crippen LogP contribution in [0.3, 0.4) is 0 Å². The van der Waals surface area contributed by atoms with Crippen LogP contribution in [0.2, 0.25) is 0 Å². The molecular weight excluding hydrogens is 252 g/mol. The molecule has 1 aromatic heterocycles. The van der Waals surface area contributed by atoms with Crippen LogP contribution in [-0.4, -0.2) is 30.1 Å². The molecule has 1 aliphatic rings. The van der Waals surface area contributed by atoms with Gasteiger partial charge in [-0.15, -0.1) is 0 Å². The van der Waals surface area contributed by atoms with Gasteiger partial charge in [0.1, 0.15) is 0 Å². The SMILES string of the molecule is CC(C)[C@H]1OCC[C@@H]1CNC(=O)CCc1cccnc1. The van der Waals surface area contributed by atoms with E-state index < -0.39 is 0 Å². The fourth-order valence-corrected chi connectivity index (χ4v) is 2.75. The first-order chi connectivity index (χ1) is 9.66. The first-order valence-corrected chi connectivity index (χ1v) is 7.44. The van der Waals surface area contributed by atoms with Gasteiger partial charge in [-0.05, 0) is 30.4 Å². The molecule has 0 aliphatic carbocycles. The highest BCUT2D eigenvalue weighted by atomic mass is 16.5. The van der Waals surface area contributed by atoms with Crippen molar-refractivity contribution in [3.8, 4) is 0 Å². The first-order valence-electron chi connectivity index (χ1n) is 7.44. The Morgan fingerprint density at radius 2 is 2.40 bits per heavy atom. The maximum absolute atomic E-state index is 11.9. The van der Waals surface area contributed by atoms with Crippen LogP contribution in [0, 0.1) is 11.8 Å². The average molecular weight is 276 g/mol. The van der Waals surface area contributed by atoms with Crippen molar-refractivity contribution >= 4 is 5.91 Å². The van der Waals surface area contributed by atoms with Gasteiger partial charge in [0.25, 0.3) is 0 Å². The fourth-order valence-electron chi connectivity index (χ4n) is 2.75. The predicted molar refractivity (Wildman–Crippen MR) is 78.3 cm³/mol. The molecule has 110 valence electrons. The summed E-state index contributed by atoms with van der Waals surface area (Å²) in [5.74, 6) is 1.08. The van der Waals surface area contributed by atoms with Crippen LogP contribution in [-0.2, 0) is 16.0 Å². The van der Waals surface area contributed by atoms with E-state index in [4.69, 9.17) is 4.74 Å². The Bertz CT molecular complexity index is 420. The average Bonchev–Trinajstić information content (AvgIpc) is 2.92. The van der Waals surface area contributed by atoms with Gasteiger partial charge >= 0.3 is 0 Å². The van der Waals surface area contributed by atoms with Crippen LogP contribution in [0.1, 0.15) is 32.3 Å². The van der Waals surface area contributed by atoms with Gasteiger partial charge in [-0.1, -0.05) is 19.9 Å². The van der Waals surface area contributed by atoms with Crippen molar-refractivity contribution in [2.45, 2.75) is 39.2 Å².